The summed E-state index contributed by atoms with van der Waals surface area (Å²) in [5.41, 5.74) is 1.33. The van der Waals surface area contributed by atoms with Gasteiger partial charge in [0.05, 0.1) is 12.5 Å². The zero-order valence-corrected chi connectivity index (χ0v) is 10.9. The highest BCUT2D eigenvalue weighted by Crippen LogP contribution is 2.39. The molecule has 0 radical (unpaired) electrons. The molecular formula is C14H18O2S. The van der Waals surface area contributed by atoms with Crippen LogP contribution in [-0.2, 0) is 15.3 Å². The van der Waals surface area contributed by atoms with E-state index < -0.39 is 0 Å². The molecule has 0 aliphatic heterocycles. The van der Waals surface area contributed by atoms with Gasteiger partial charge in [-0.25, -0.2) is 0 Å². The third-order valence-corrected chi connectivity index (χ3v) is 4.60. The van der Waals surface area contributed by atoms with Gasteiger partial charge in [0.2, 0.25) is 0 Å². The second kappa shape index (κ2) is 6.10. The van der Waals surface area contributed by atoms with E-state index in [4.69, 9.17) is 4.74 Å². The predicted octanol–water partition coefficient (Wildman–Crippen LogP) is 3.26. The van der Waals surface area contributed by atoms with E-state index in [1.807, 2.05) is 24.8 Å². The van der Waals surface area contributed by atoms with E-state index in [9.17, 15) is 4.79 Å². The number of benzene rings is 1. The maximum absolute atomic E-state index is 11.6. The molecule has 0 N–H and O–H groups in total. The molecular weight excluding hydrogens is 232 g/mol. The van der Waals surface area contributed by atoms with Crippen molar-refractivity contribution in [2.45, 2.75) is 30.8 Å². The molecule has 1 aliphatic carbocycles. The molecule has 1 aromatic carbocycles. The summed E-state index contributed by atoms with van der Waals surface area (Å²) in [6.07, 6.45) is 2.13. The molecule has 0 bridgehead atoms. The summed E-state index contributed by atoms with van der Waals surface area (Å²) < 4.78 is 5.08. The minimum atomic E-state index is -0.00990. The van der Waals surface area contributed by atoms with E-state index in [0.29, 0.717) is 11.9 Å². The minimum absolute atomic E-state index is 0.00990. The van der Waals surface area contributed by atoms with Gasteiger partial charge in [-0.15, -0.1) is 0 Å². The van der Waals surface area contributed by atoms with Gasteiger partial charge in [-0.3, -0.25) is 4.79 Å². The van der Waals surface area contributed by atoms with Crippen LogP contribution >= 0.6 is 11.8 Å². The van der Waals surface area contributed by atoms with E-state index in [0.717, 1.165) is 18.6 Å². The SMILES string of the molecule is CCOC(=O)[C@@H]1CC[C@@H]1SCc1ccccc1. The molecule has 92 valence electrons. The van der Waals surface area contributed by atoms with Crippen molar-refractivity contribution in [3.05, 3.63) is 35.9 Å². The Kier molecular flexibility index (Phi) is 4.49. The van der Waals surface area contributed by atoms with Gasteiger partial charge in [-0.1, -0.05) is 30.3 Å². The molecule has 0 amide bonds. The Balaban J connectivity index is 1.78. The summed E-state index contributed by atoms with van der Waals surface area (Å²) >= 11 is 1.88. The lowest BCUT2D eigenvalue weighted by molar-refractivity contribution is -0.150. The first-order valence-corrected chi connectivity index (χ1v) is 7.18. The van der Waals surface area contributed by atoms with Crippen molar-refractivity contribution in [3.8, 4) is 0 Å². The molecule has 2 nitrogen and oxygen atoms in total. The van der Waals surface area contributed by atoms with Crippen molar-refractivity contribution in [2.24, 2.45) is 5.92 Å². The summed E-state index contributed by atoms with van der Waals surface area (Å²) in [6, 6.07) is 10.4. The number of hydrogen-bond donors (Lipinski definition) is 0. The molecule has 0 saturated heterocycles. The molecule has 3 heteroatoms. The Morgan fingerprint density at radius 3 is 2.71 bits per heavy atom. The van der Waals surface area contributed by atoms with Crippen LogP contribution in [0.15, 0.2) is 30.3 Å². The van der Waals surface area contributed by atoms with Crippen LogP contribution in [0.2, 0.25) is 0 Å². The first-order chi connectivity index (χ1) is 8.31. The molecule has 1 aliphatic rings. The fourth-order valence-electron chi connectivity index (χ4n) is 1.97. The van der Waals surface area contributed by atoms with E-state index in [-0.39, 0.29) is 11.9 Å². The van der Waals surface area contributed by atoms with Crippen molar-refractivity contribution in [1.82, 2.24) is 0 Å². The molecule has 0 spiro atoms. The van der Waals surface area contributed by atoms with Crippen LogP contribution < -0.4 is 0 Å². The van der Waals surface area contributed by atoms with Gasteiger partial charge in [0, 0.05) is 11.0 Å². The highest BCUT2D eigenvalue weighted by Gasteiger charge is 2.37. The molecule has 1 aromatic rings. The average Bonchev–Trinajstić information content (AvgIpc) is 2.29. The zero-order valence-electron chi connectivity index (χ0n) is 10.1. The molecule has 2 atom stereocenters. The lowest BCUT2D eigenvalue weighted by Crippen LogP contribution is -2.36. The van der Waals surface area contributed by atoms with E-state index in [2.05, 4.69) is 24.3 Å². The molecule has 17 heavy (non-hydrogen) atoms. The van der Waals surface area contributed by atoms with Crippen LogP contribution in [0.5, 0.6) is 0 Å². The lowest BCUT2D eigenvalue weighted by atomic mass is 9.85. The number of hydrogen-bond acceptors (Lipinski definition) is 3. The fraction of sp³-hybridized carbons (Fsp3) is 0.500. The van der Waals surface area contributed by atoms with Crippen molar-refractivity contribution in [3.63, 3.8) is 0 Å². The van der Waals surface area contributed by atoms with E-state index >= 15 is 0 Å². The molecule has 0 aromatic heterocycles. The minimum Gasteiger partial charge on any atom is -0.466 e. The molecule has 1 fully saturated rings. The lowest BCUT2D eigenvalue weighted by Gasteiger charge is -2.34. The second-order valence-corrected chi connectivity index (χ2v) is 5.50. The maximum Gasteiger partial charge on any atom is 0.310 e. The van der Waals surface area contributed by atoms with Gasteiger partial charge in [-0.2, -0.15) is 11.8 Å². The largest absolute Gasteiger partial charge is 0.466 e. The third kappa shape index (κ3) is 3.25. The van der Waals surface area contributed by atoms with Crippen LogP contribution in [0.3, 0.4) is 0 Å². The summed E-state index contributed by atoms with van der Waals surface area (Å²) in [5, 5.41) is 0.453. The summed E-state index contributed by atoms with van der Waals surface area (Å²) in [6.45, 7) is 2.36. The summed E-state index contributed by atoms with van der Waals surface area (Å²) in [7, 11) is 0. The number of esters is 1. The van der Waals surface area contributed by atoms with Gasteiger partial charge in [-0.05, 0) is 25.3 Å². The van der Waals surface area contributed by atoms with Crippen LogP contribution in [0, 0.1) is 5.92 Å². The Bertz CT molecular complexity index is 364. The van der Waals surface area contributed by atoms with Crippen LogP contribution in [0.1, 0.15) is 25.3 Å². The van der Waals surface area contributed by atoms with Crippen LogP contribution in [-0.4, -0.2) is 17.8 Å². The van der Waals surface area contributed by atoms with E-state index in [1.54, 1.807) is 0 Å². The molecule has 1 saturated carbocycles. The monoisotopic (exact) mass is 250 g/mol. The van der Waals surface area contributed by atoms with Crippen molar-refractivity contribution >= 4 is 17.7 Å². The van der Waals surface area contributed by atoms with Crippen LogP contribution in [0.4, 0.5) is 0 Å². The average molecular weight is 250 g/mol. The van der Waals surface area contributed by atoms with Crippen molar-refractivity contribution < 1.29 is 9.53 Å². The number of ether oxygens (including phenoxy) is 1. The third-order valence-electron chi connectivity index (χ3n) is 3.11. The number of carbonyl (C=O) groups is 1. The first-order valence-electron chi connectivity index (χ1n) is 6.13. The van der Waals surface area contributed by atoms with Gasteiger partial charge in [0.1, 0.15) is 0 Å². The number of thioether (sulfide) groups is 1. The molecule has 2 rings (SSSR count). The van der Waals surface area contributed by atoms with Gasteiger partial charge in [0.15, 0.2) is 0 Å². The summed E-state index contributed by atoms with van der Waals surface area (Å²) in [4.78, 5) is 11.6. The zero-order chi connectivity index (χ0) is 12.1. The second-order valence-electron chi connectivity index (χ2n) is 4.27. The first kappa shape index (κ1) is 12.5. The Labute approximate surface area is 107 Å². The normalized spacial score (nSPS) is 22.9. The van der Waals surface area contributed by atoms with Crippen molar-refractivity contribution in [2.75, 3.05) is 6.61 Å². The summed E-state index contributed by atoms with van der Waals surface area (Å²) in [5.74, 6) is 1.11. The number of rotatable bonds is 5. The Morgan fingerprint density at radius 1 is 1.35 bits per heavy atom. The van der Waals surface area contributed by atoms with Gasteiger partial charge in [0.25, 0.3) is 0 Å². The van der Waals surface area contributed by atoms with E-state index in [1.165, 1.54) is 5.56 Å². The standard InChI is InChI=1S/C14H18O2S/c1-2-16-14(15)12-8-9-13(12)17-10-11-6-4-3-5-7-11/h3-7,12-13H,2,8-10H2,1H3/t12-,13+/m1/s1. The van der Waals surface area contributed by atoms with Crippen LogP contribution in [0.25, 0.3) is 0 Å². The number of carbonyl (C=O) groups excluding carboxylic acids is 1. The Hall–Kier alpha value is -0.960. The molecule has 0 heterocycles. The fourth-order valence-corrected chi connectivity index (χ4v) is 3.35. The van der Waals surface area contributed by atoms with Gasteiger partial charge < -0.3 is 4.74 Å². The maximum atomic E-state index is 11.6. The quantitative estimate of drug-likeness (QED) is 0.750. The Morgan fingerprint density at radius 2 is 2.12 bits per heavy atom. The van der Waals surface area contributed by atoms with Crippen molar-refractivity contribution in [1.29, 1.82) is 0 Å². The smallest absolute Gasteiger partial charge is 0.310 e. The molecule has 0 unspecified atom stereocenters. The predicted molar refractivity (Wildman–Crippen MR) is 70.9 cm³/mol. The highest BCUT2D eigenvalue weighted by molar-refractivity contribution is 7.99. The van der Waals surface area contributed by atoms with Gasteiger partial charge >= 0.3 is 5.97 Å². The highest BCUT2D eigenvalue weighted by atomic mass is 32.2. The topological polar surface area (TPSA) is 26.3 Å².